The third kappa shape index (κ3) is 6.89. The molecule has 3 nitrogen and oxygen atoms in total. The number of hydrogen-bond donors (Lipinski definition) is 1. The van der Waals surface area contributed by atoms with Crippen LogP contribution >= 0.6 is 0 Å². The molecule has 4 saturated carbocycles. The molecule has 4 rings (SSSR count). The Morgan fingerprint density at radius 1 is 0.842 bits per heavy atom. The molecular formula is C35H62O3. The van der Waals surface area contributed by atoms with E-state index in [9.17, 15) is 4.79 Å². The lowest BCUT2D eigenvalue weighted by Gasteiger charge is -2.61. The van der Waals surface area contributed by atoms with Crippen LogP contribution in [0.15, 0.2) is 0 Å². The number of carbonyl (C=O) groups is 1. The molecule has 0 bridgehead atoms. The topological polar surface area (TPSA) is 46.5 Å². The maximum Gasteiger partial charge on any atom is 0.129 e. The van der Waals surface area contributed by atoms with Crippen LogP contribution in [-0.2, 0) is 9.53 Å². The predicted molar refractivity (Wildman–Crippen MR) is 158 cm³/mol. The molecule has 1 N–H and O–H groups in total. The summed E-state index contributed by atoms with van der Waals surface area (Å²) in [5.41, 5.74) is 1.05. The Morgan fingerprint density at radius 3 is 2.21 bits per heavy atom. The number of hydrogen-bond acceptors (Lipinski definition) is 3. The minimum Gasteiger partial charge on any atom is -0.396 e. The van der Waals surface area contributed by atoms with E-state index in [1.807, 2.05) is 0 Å². The van der Waals surface area contributed by atoms with Gasteiger partial charge < -0.3 is 14.6 Å². The van der Waals surface area contributed by atoms with E-state index in [2.05, 4.69) is 20.8 Å². The maximum atomic E-state index is 11.6. The van der Waals surface area contributed by atoms with Crippen LogP contribution in [0.25, 0.3) is 0 Å². The molecule has 0 aromatic heterocycles. The lowest BCUT2D eigenvalue weighted by atomic mass is 9.44. The highest BCUT2D eigenvalue weighted by Gasteiger charge is 2.60. The summed E-state index contributed by atoms with van der Waals surface area (Å²) >= 11 is 0. The highest BCUT2D eigenvalue weighted by atomic mass is 16.5. The van der Waals surface area contributed by atoms with Gasteiger partial charge >= 0.3 is 0 Å². The molecule has 0 amide bonds. The van der Waals surface area contributed by atoms with Gasteiger partial charge in [-0.15, -0.1) is 0 Å². The molecule has 0 aliphatic heterocycles. The zero-order valence-corrected chi connectivity index (χ0v) is 25.7. The number of aliphatic hydroxyl groups excluding tert-OH is 1. The van der Waals surface area contributed by atoms with Crippen molar-refractivity contribution in [2.45, 2.75) is 156 Å². The van der Waals surface area contributed by atoms with Crippen LogP contribution in [-0.4, -0.2) is 30.2 Å². The van der Waals surface area contributed by atoms with Gasteiger partial charge in [0.25, 0.3) is 0 Å². The van der Waals surface area contributed by atoms with Crippen LogP contribution in [0.1, 0.15) is 150 Å². The molecule has 0 aromatic rings. The molecule has 9 atom stereocenters. The molecule has 4 aliphatic carbocycles. The van der Waals surface area contributed by atoms with Crippen LogP contribution in [0.2, 0.25) is 0 Å². The number of ether oxygens (including phenoxy) is 1. The van der Waals surface area contributed by atoms with Crippen molar-refractivity contribution in [1.82, 2.24) is 0 Å². The first-order valence-electron chi connectivity index (χ1n) is 17.0. The van der Waals surface area contributed by atoms with E-state index in [0.29, 0.717) is 35.2 Å². The monoisotopic (exact) mass is 530 g/mol. The number of ketones is 1. The number of fused-ring (bicyclic) bond motifs is 5. The fourth-order valence-corrected chi connectivity index (χ4v) is 10.5. The van der Waals surface area contributed by atoms with Crippen molar-refractivity contribution in [3.05, 3.63) is 0 Å². The molecule has 4 aliphatic rings. The summed E-state index contributed by atoms with van der Waals surface area (Å²) in [7, 11) is 0. The average Bonchev–Trinajstić information content (AvgIpc) is 3.25. The van der Waals surface area contributed by atoms with E-state index in [1.54, 1.807) is 6.92 Å². The van der Waals surface area contributed by atoms with Crippen molar-refractivity contribution < 1.29 is 14.6 Å². The SMILES string of the molecule is CC(=O)CC[C@@H](C)[C@H]1CC[C@H]2[C@@H]3CCC4C[C@@H](OCCCCCCCCCCO)CC[C@]4(C)[C@H]3CC[C@]12C. The third-order valence-corrected chi connectivity index (χ3v) is 12.7. The maximum absolute atomic E-state index is 11.6. The third-order valence-electron chi connectivity index (χ3n) is 12.7. The standard InChI is InChI=1S/C35H62O3/c1-26(13-14-27(2)37)31-17-18-32-30-16-15-28-25-29(38-24-12-10-8-6-5-7-9-11-23-36)19-21-34(28,3)33(30)20-22-35(31,32)4/h26,28-33,36H,5-25H2,1-4H3/t26-,28?,29+,30+,31-,32+,33+,34+,35-/m1/s1. The molecular weight excluding hydrogens is 468 g/mol. The van der Waals surface area contributed by atoms with Gasteiger partial charge in [0.15, 0.2) is 0 Å². The Hall–Kier alpha value is -0.410. The molecule has 0 spiro atoms. The van der Waals surface area contributed by atoms with E-state index in [4.69, 9.17) is 9.84 Å². The van der Waals surface area contributed by atoms with E-state index >= 15 is 0 Å². The first kappa shape index (κ1) is 30.5. The molecule has 0 aromatic carbocycles. The van der Waals surface area contributed by atoms with Crippen molar-refractivity contribution in [2.24, 2.45) is 46.3 Å². The van der Waals surface area contributed by atoms with Gasteiger partial charge in [-0.1, -0.05) is 59.3 Å². The van der Waals surface area contributed by atoms with Crippen LogP contribution in [0.4, 0.5) is 0 Å². The van der Waals surface area contributed by atoms with Crippen molar-refractivity contribution >= 4 is 5.78 Å². The lowest BCUT2D eigenvalue weighted by molar-refractivity contribution is -0.137. The Labute approximate surface area is 235 Å². The summed E-state index contributed by atoms with van der Waals surface area (Å²) in [6.45, 7) is 10.9. The highest BCUT2D eigenvalue weighted by molar-refractivity contribution is 5.75. The Balaban J connectivity index is 1.21. The van der Waals surface area contributed by atoms with Crippen molar-refractivity contribution in [3.8, 4) is 0 Å². The summed E-state index contributed by atoms with van der Waals surface area (Å²) in [5, 5.41) is 8.88. The summed E-state index contributed by atoms with van der Waals surface area (Å²) in [6.07, 6.45) is 25.0. The van der Waals surface area contributed by atoms with Crippen LogP contribution in [0, 0.1) is 46.3 Å². The van der Waals surface area contributed by atoms with Crippen molar-refractivity contribution in [3.63, 3.8) is 0 Å². The molecule has 0 saturated heterocycles. The minimum absolute atomic E-state index is 0.351. The Kier molecular flexibility index (Phi) is 11.2. The quantitative estimate of drug-likeness (QED) is 0.215. The average molecular weight is 531 g/mol. The molecule has 1 unspecified atom stereocenters. The van der Waals surface area contributed by atoms with Crippen LogP contribution in [0.5, 0.6) is 0 Å². The van der Waals surface area contributed by atoms with Gasteiger partial charge in [-0.05, 0) is 130 Å². The number of Topliss-reactive ketones (excluding diaryl/α,β-unsaturated/α-hetero) is 1. The Bertz CT molecular complexity index is 735. The van der Waals surface area contributed by atoms with Gasteiger partial charge in [0.05, 0.1) is 6.10 Å². The summed E-state index contributed by atoms with van der Waals surface area (Å²) in [4.78, 5) is 11.6. The van der Waals surface area contributed by atoms with E-state index < -0.39 is 0 Å². The fraction of sp³-hybridized carbons (Fsp3) is 0.971. The van der Waals surface area contributed by atoms with Crippen LogP contribution in [0.3, 0.4) is 0 Å². The highest BCUT2D eigenvalue weighted by Crippen LogP contribution is 2.68. The number of aliphatic hydroxyl groups is 1. The molecule has 220 valence electrons. The molecule has 38 heavy (non-hydrogen) atoms. The first-order valence-corrected chi connectivity index (χ1v) is 17.0. The minimum atomic E-state index is 0.351. The number of carbonyl (C=O) groups excluding carboxylic acids is 1. The van der Waals surface area contributed by atoms with Gasteiger partial charge in [0, 0.05) is 19.6 Å². The second-order valence-electron chi connectivity index (χ2n) is 14.9. The molecule has 0 heterocycles. The van der Waals surface area contributed by atoms with Gasteiger partial charge in [0.2, 0.25) is 0 Å². The number of rotatable bonds is 15. The normalized spacial score (nSPS) is 39.3. The Morgan fingerprint density at radius 2 is 1.50 bits per heavy atom. The van der Waals surface area contributed by atoms with Crippen molar-refractivity contribution in [2.75, 3.05) is 13.2 Å². The zero-order chi connectivity index (χ0) is 27.2. The van der Waals surface area contributed by atoms with Gasteiger partial charge in [-0.2, -0.15) is 0 Å². The van der Waals surface area contributed by atoms with Crippen LogP contribution < -0.4 is 0 Å². The smallest absolute Gasteiger partial charge is 0.129 e. The molecule has 4 fully saturated rings. The van der Waals surface area contributed by atoms with E-state index in [-0.39, 0.29) is 0 Å². The van der Waals surface area contributed by atoms with E-state index in [0.717, 1.165) is 55.5 Å². The zero-order valence-electron chi connectivity index (χ0n) is 25.7. The van der Waals surface area contributed by atoms with Crippen molar-refractivity contribution in [1.29, 1.82) is 0 Å². The predicted octanol–water partition coefficient (Wildman–Crippen LogP) is 9.15. The first-order chi connectivity index (χ1) is 18.3. The number of unbranched alkanes of at least 4 members (excludes halogenated alkanes) is 7. The van der Waals surface area contributed by atoms with Gasteiger partial charge in [-0.25, -0.2) is 0 Å². The van der Waals surface area contributed by atoms with Gasteiger partial charge in [0.1, 0.15) is 5.78 Å². The largest absolute Gasteiger partial charge is 0.396 e. The second kappa shape index (κ2) is 14.0. The molecule has 0 radical (unpaired) electrons. The molecule has 3 heteroatoms. The lowest BCUT2D eigenvalue weighted by Crippen LogP contribution is -2.54. The summed E-state index contributed by atoms with van der Waals surface area (Å²) in [5.74, 6) is 5.57. The summed E-state index contributed by atoms with van der Waals surface area (Å²) in [6, 6.07) is 0. The van der Waals surface area contributed by atoms with Gasteiger partial charge in [-0.3, -0.25) is 0 Å². The summed E-state index contributed by atoms with van der Waals surface area (Å²) < 4.78 is 6.49. The fourth-order valence-electron chi connectivity index (χ4n) is 10.5. The van der Waals surface area contributed by atoms with E-state index in [1.165, 1.54) is 103 Å². The second-order valence-corrected chi connectivity index (χ2v) is 14.9.